The van der Waals surface area contributed by atoms with Crippen LogP contribution in [-0.2, 0) is 12.8 Å². The molecule has 2 aromatic heterocycles. The van der Waals surface area contributed by atoms with Crippen LogP contribution in [-0.4, -0.2) is 27.6 Å². The Bertz CT molecular complexity index is 797. The number of carbonyl (C=O) groups excluding carboxylic acids is 1. The summed E-state index contributed by atoms with van der Waals surface area (Å²) in [6.07, 6.45) is 5.03. The molecule has 0 bridgehead atoms. The molecule has 0 unspecified atom stereocenters. The molecular formula is C18H18N4O2. The van der Waals surface area contributed by atoms with Gasteiger partial charge in [0.2, 0.25) is 5.89 Å². The SMILES string of the molecule is CCc1ccc(CCNC(=O)c2nnc(-c3cccnc3)o2)cc1. The van der Waals surface area contributed by atoms with Crippen molar-refractivity contribution in [3.05, 3.63) is 65.8 Å². The van der Waals surface area contributed by atoms with E-state index in [1.165, 1.54) is 11.1 Å². The molecular weight excluding hydrogens is 304 g/mol. The highest BCUT2D eigenvalue weighted by molar-refractivity contribution is 5.89. The van der Waals surface area contributed by atoms with Gasteiger partial charge >= 0.3 is 11.8 Å². The van der Waals surface area contributed by atoms with Crippen LogP contribution < -0.4 is 5.32 Å². The first kappa shape index (κ1) is 15.9. The van der Waals surface area contributed by atoms with Gasteiger partial charge in [-0.2, -0.15) is 0 Å². The maximum absolute atomic E-state index is 12.1. The van der Waals surface area contributed by atoms with E-state index >= 15 is 0 Å². The third kappa shape index (κ3) is 3.84. The van der Waals surface area contributed by atoms with Crippen LogP contribution in [0.4, 0.5) is 0 Å². The second-order valence-corrected chi connectivity index (χ2v) is 5.33. The second-order valence-electron chi connectivity index (χ2n) is 5.33. The molecule has 0 saturated heterocycles. The predicted molar refractivity (Wildman–Crippen MR) is 89.4 cm³/mol. The lowest BCUT2D eigenvalue weighted by Gasteiger charge is -2.04. The van der Waals surface area contributed by atoms with Gasteiger partial charge < -0.3 is 9.73 Å². The van der Waals surface area contributed by atoms with E-state index in [0.717, 1.165) is 12.8 Å². The maximum atomic E-state index is 12.1. The van der Waals surface area contributed by atoms with Crippen LogP contribution in [0.3, 0.4) is 0 Å². The third-order valence-electron chi connectivity index (χ3n) is 3.66. The maximum Gasteiger partial charge on any atom is 0.308 e. The molecule has 1 amide bonds. The largest absolute Gasteiger partial charge is 0.412 e. The summed E-state index contributed by atoms with van der Waals surface area (Å²) in [6, 6.07) is 11.9. The number of rotatable bonds is 6. The summed E-state index contributed by atoms with van der Waals surface area (Å²) in [4.78, 5) is 16.0. The molecule has 0 aliphatic carbocycles. The highest BCUT2D eigenvalue weighted by Crippen LogP contribution is 2.15. The van der Waals surface area contributed by atoms with E-state index in [1.807, 2.05) is 0 Å². The van der Waals surface area contributed by atoms with Crippen molar-refractivity contribution in [2.24, 2.45) is 0 Å². The lowest BCUT2D eigenvalue weighted by molar-refractivity contribution is 0.0920. The Hall–Kier alpha value is -3.02. The fourth-order valence-corrected chi connectivity index (χ4v) is 2.26. The van der Waals surface area contributed by atoms with Gasteiger partial charge in [0.1, 0.15) is 0 Å². The van der Waals surface area contributed by atoms with Gasteiger partial charge in [0, 0.05) is 18.9 Å². The van der Waals surface area contributed by atoms with Gasteiger partial charge in [-0.25, -0.2) is 0 Å². The molecule has 6 heteroatoms. The standard InChI is InChI=1S/C18H18N4O2/c1-2-13-5-7-14(8-6-13)9-11-20-16(23)18-22-21-17(24-18)15-4-3-10-19-12-15/h3-8,10,12H,2,9,11H2,1H3,(H,20,23). The van der Waals surface area contributed by atoms with Gasteiger partial charge in [-0.15, -0.1) is 10.2 Å². The summed E-state index contributed by atoms with van der Waals surface area (Å²) in [5, 5.41) is 10.4. The van der Waals surface area contributed by atoms with Crippen molar-refractivity contribution in [1.29, 1.82) is 0 Å². The third-order valence-corrected chi connectivity index (χ3v) is 3.66. The highest BCUT2D eigenvalue weighted by Gasteiger charge is 2.15. The first-order valence-corrected chi connectivity index (χ1v) is 7.86. The molecule has 122 valence electrons. The van der Waals surface area contributed by atoms with Crippen LogP contribution in [0.2, 0.25) is 0 Å². The zero-order chi connectivity index (χ0) is 16.8. The van der Waals surface area contributed by atoms with E-state index in [2.05, 4.69) is 51.7 Å². The monoisotopic (exact) mass is 322 g/mol. The van der Waals surface area contributed by atoms with Crippen molar-refractivity contribution in [2.75, 3.05) is 6.54 Å². The molecule has 0 spiro atoms. The highest BCUT2D eigenvalue weighted by atomic mass is 16.4. The molecule has 2 heterocycles. The molecule has 0 aliphatic rings. The van der Waals surface area contributed by atoms with Gasteiger partial charge in [0.15, 0.2) is 0 Å². The number of nitrogens with one attached hydrogen (secondary N) is 1. The minimum atomic E-state index is -0.372. The van der Waals surface area contributed by atoms with Crippen molar-refractivity contribution in [3.8, 4) is 11.5 Å². The summed E-state index contributed by atoms with van der Waals surface area (Å²) in [5.74, 6) is -0.138. The molecule has 3 rings (SSSR count). The number of benzene rings is 1. The van der Waals surface area contributed by atoms with Crippen LogP contribution in [0.5, 0.6) is 0 Å². The van der Waals surface area contributed by atoms with Crippen LogP contribution in [0.15, 0.2) is 53.2 Å². The number of pyridine rings is 1. The molecule has 0 aliphatic heterocycles. The molecule has 0 radical (unpaired) electrons. The first-order chi connectivity index (χ1) is 11.8. The Kier molecular flexibility index (Phi) is 4.96. The molecule has 0 atom stereocenters. The molecule has 1 N–H and O–H groups in total. The molecule has 0 fully saturated rings. The van der Waals surface area contributed by atoms with E-state index in [1.54, 1.807) is 24.5 Å². The quantitative estimate of drug-likeness (QED) is 0.754. The Balaban J connectivity index is 1.54. The van der Waals surface area contributed by atoms with Crippen molar-refractivity contribution in [1.82, 2.24) is 20.5 Å². The summed E-state index contributed by atoms with van der Waals surface area (Å²) in [5.41, 5.74) is 3.16. The van der Waals surface area contributed by atoms with E-state index < -0.39 is 0 Å². The molecule has 6 nitrogen and oxygen atoms in total. The van der Waals surface area contributed by atoms with Gasteiger partial charge in [-0.3, -0.25) is 9.78 Å². The fourth-order valence-electron chi connectivity index (χ4n) is 2.26. The summed E-state index contributed by atoms with van der Waals surface area (Å²) < 4.78 is 5.39. The van der Waals surface area contributed by atoms with Crippen molar-refractivity contribution in [3.63, 3.8) is 0 Å². The molecule has 24 heavy (non-hydrogen) atoms. The van der Waals surface area contributed by atoms with Crippen LogP contribution in [0, 0.1) is 0 Å². The summed E-state index contributed by atoms with van der Waals surface area (Å²) >= 11 is 0. The Morgan fingerprint density at radius 1 is 1.12 bits per heavy atom. The number of nitrogens with zero attached hydrogens (tertiary/aromatic N) is 3. The lowest BCUT2D eigenvalue weighted by atomic mass is 10.1. The van der Waals surface area contributed by atoms with Gasteiger partial charge in [0.05, 0.1) is 5.56 Å². The number of aryl methyl sites for hydroxylation is 1. The van der Waals surface area contributed by atoms with E-state index in [0.29, 0.717) is 12.1 Å². The minimum Gasteiger partial charge on any atom is -0.412 e. The molecule has 1 aromatic carbocycles. The number of aromatic nitrogens is 3. The number of amides is 1. The molecule has 0 saturated carbocycles. The van der Waals surface area contributed by atoms with Crippen molar-refractivity contribution in [2.45, 2.75) is 19.8 Å². The van der Waals surface area contributed by atoms with Crippen LogP contribution in [0.25, 0.3) is 11.5 Å². The van der Waals surface area contributed by atoms with Gasteiger partial charge in [-0.05, 0) is 36.1 Å². The Labute approximate surface area is 140 Å². The first-order valence-electron chi connectivity index (χ1n) is 7.86. The summed E-state index contributed by atoms with van der Waals surface area (Å²) in [7, 11) is 0. The van der Waals surface area contributed by atoms with Crippen LogP contribution >= 0.6 is 0 Å². The zero-order valence-corrected chi connectivity index (χ0v) is 13.4. The topological polar surface area (TPSA) is 80.9 Å². The second kappa shape index (κ2) is 7.50. The number of hydrogen-bond donors (Lipinski definition) is 1. The van der Waals surface area contributed by atoms with Crippen molar-refractivity contribution < 1.29 is 9.21 Å². The van der Waals surface area contributed by atoms with E-state index in [-0.39, 0.29) is 17.7 Å². The van der Waals surface area contributed by atoms with Crippen LogP contribution in [0.1, 0.15) is 28.7 Å². The predicted octanol–water partition coefficient (Wildman–Crippen LogP) is 2.67. The average Bonchev–Trinajstić information content (AvgIpc) is 3.13. The minimum absolute atomic E-state index is 0.0461. The van der Waals surface area contributed by atoms with Crippen molar-refractivity contribution >= 4 is 5.91 Å². The lowest BCUT2D eigenvalue weighted by Crippen LogP contribution is -2.26. The Morgan fingerprint density at radius 3 is 2.62 bits per heavy atom. The zero-order valence-electron chi connectivity index (χ0n) is 13.4. The normalized spacial score (nSPS) is 10.5. The van der Waals surface area contributed by atoms with E-state index in [4.69, 9.17) is 4.42 Å². The number of carbonyl (C=O) groups is 1. The smallest absolute Gasteiger partial charge is 0.308 e. The van der Waals surface area contributed by atoms with E-state index in [9.17, 15) is 4.79 Å². The fraction of sp³-hybridized carbons (Fsp3) is 0.222. The van der Waals surface area contributed by atoms with Gasteiger partial charge in [0.25, 0.3) is 0 Å². The average molecular weight is 322 g/mol. The Morgan fingerprint density at radius 2 is 1.92 bits per heavy atom. The number of hydrogen-bond acceptors (Lipinski definition) is 5. The molecule has 3 aromatic rings. The summed E-state index contributed by atoms with van der Waals surface area (Å²) in [6.45, 7) is 2.63. The van der Waals surface area contributed by atoms with Gasteiger partial charge in [-0.1, -0.05) is 31.2 Å².